The second-order valence-electron chi connectivity index (χ2n) is 7.65. The Balaban J connectivity index is 1.58. The van der Waals surface area contributed by atoms with E-state index >= 15 is 0 Å². The fraction of sp³-hybridized carbons (Fsp3) is 0.700. The summed E-state index contributed by atoms with van der Waals surface area (Å²) in [7, 11) is 0. The van der Waals surface area contributed by atoms with Crippen molar-refractivity contribution >= 4 is 11.6 Å². The predicted molar refractivity (Wildman–Crippen MR) is 92.0 cm³/mol. The van der Waals surface area contributed by atoms with E-state index in [0.717, 1.165) is 43.4 Å². The zero-order valence-corrected chi connectivity index (χ0v) is 14.7. The molecular formula is C20H27ClF2. The van der Waals surface area contributed by atoms with Crippen LogP contribution in [0.5, 0.6) is 0 Å². The van der Waals surface area contributed by atoms with Crippen molar-refractivity contribution in [2.75, 3.05) is 5.88 Å². The fourth-order valence-corrected chi connectivity index (χ4v) is 5.00. The van der Waals surface area contributed by atoms with Gasteiger partial charge in [0.2, 0.25) is 0 Å². The zero-order chi connectivity index (χ0) is 16.4. The molecule has 0 N–H and O–H groups in total. The van der Waals surface area contributed by atoms with Crippen molar-refractivity contribution in [3.05, 3.63) is 34.9 Å². The average molecular weight is 341 g/mol. The van der Waals surface area contributed by atoms with Crippen LogP contribution in [0.15, 0.2) is 12.1 Å². The van der Waals surface area contributed by atoms with Gasteiger partial charge in [-0.05, 0) is 93.1 Å². The lowest BCUT2D eigenvalue weighted by Gasteiger charge is -2.37. The van der Waals surface area contributed by atoms with Crippen LogP contribution in [-0.2, 0) is 0 Å². The molecule has 3 heteroatoms. The first-order valence-electron chi connectivity index (χ1n) is 9.10. The molecule has 2 saturated carbocycles. The van der Waals surface area contributed by atoms with Gasteiger partial charge in [-0.15, -0.1) is 11.6 Å². The van der Waals surface area contributed by atoms with E-state index in [-0.39, 0.29) is 5.92 Å². The van der Waals surface area contributed by atoms with Crippen LogP contribution < -0.4 is 0 Å². The van der Waals surface area contributed by atoms with Crippen molar-refractivity contribution in [3.63, 3.8) is 0 Å². The van der Waals surface area contributed by atoms with Gasteiger partial charge in [-0.2, -0.15) is 0 Å². The molecular weight excluding hydrogens is 314 g/mol. The van der Waals surface area contributed by atoms with Gasteiger partial charge in [-0.25, -0.2) is 8.78 Å². The SMILES string of the molecule is Cc1ccc(C2CCC(C3CCC(CCl)CC3)CC2)c(F)c1F. The van der Waals surface area contributed by atoms with Gasteiger partial charge in [-0.1, -0.05) is 12.1 Å². The summed E-state index contributed by atoms with van der Waals surface area (Å²) in [6, 6.07) is 3.51. The Hall–Kier alpha value is -0.630. The lowest BCUT2D eigenvalue weighted by Crippen LogP contribution is -2.26. The van der Waals surface area contributed by atoms with Gasteiger partial charge in [0, 0.05) is 5.88 Å². The van der Waals surface area contributed by atoms with E-state index in [1.165, 1.54) is 25.7 Å². The Labute approximate surface area is 143 Å². The van der Waals surface area contributed by atoms with Crippen LogP contribution in [0, 0.1) is 36.3 Å². The van der Waals surface area contributed by atoms with E-state index in [1.807, 2.05) is 0 Å². The average Bonchev–Trinajstić information content (AvgIpc) is 2.60. The first-order chi connectivity index (χ1) is 11.1. The van der Waals surface area contributed by atoms with Crippen molar-refractivity contribution in [1.82, 2.24) is 0 Å². The second kappa shape index (κ2) is 7.51. The smallest absolute Gasteiger partial charge is 0.162 e. The highest BCUT2D eigenvalue weighted by Gasteiger charge is 2.32. The normalized spacial score (nSPS) is 32.0. The molecule has 3 rings (SSSR count). The number of hydrogen-bond donors (Lipinski definition) is 0. The first-order valence-corrected chi connectivity index (χ1v) is 9.64. The molecule has 0 nitrogen and oxygen atoms in total. The van der Waals surface area contributed by atoms with Gasteiger partial charge in [0.15, 0.2) is 11.6 Å². The third-order valence-corrected chi connectivity index (χ3v) is 6.73. The van der Waals surface area contributed by atoms with Crippen LogP contribution in [-0.4, -0.2) is 5.88 Å². The largest absolute Gasteiger partial charge is 0.203 e. The third kappa shape index (κ3) is 3.73. The lowest BCUT2D eigenvalue weighted by molar-refractivity contribution is 0.165. The monoisotopic (exact) mass is 340 g/mol. The fourth-order valence-electron chi connectivity index (χ4n) is 4.69. The number of aryl methyl sites for hydroxylation is 1. The topological polar surface area (TPSA) is 0 Å². The minimum atomic E-state index is -0.663. The van der Waals surface area contributed by atoms with Crippen LogP contribution in [0.1, 0.15) is 68.4 Å². The van der Waals surface area contributed by atoms with Crippen LogP contribution in [0.3, 0.4) is 0 Å². The maximum absolute atomic E-state index is 14.2. The van der Waals surface area contributed by atoms with Crippen molar-refractivity contribution in [2.24, 2.45) is 17.8 Å². The lowest BCUT2D eigenvalue weighted by atomic mass is 9.68. The van der Waals surface area contributed by atoms with Gasteiger partial charge in [0.05, 0.1) is 0 Å². The third-order valence-electron chi connectivity index (χ3n) is 6.29. The molecule has 0 aliphatic heterocycles. The van der Waals surface area contributed by atoms with E-state index < -0.39 is 11.6 Å². The summed E-state index contributed by atoms with van der Waals surface area (Å²) in [5.74, 6) is 2.04. The molecule has 1 aromatic carbocycles. The summed E-state index contributed by atoms with van der Waals surface area (Å²) >= 11 is 5.97. The number of rotatable bonds is 3. The Morgan fingerprint density at radius 3 is 2.00 bits per heavy atom. The number of hydrogen-bond acceptors (Lipinski definition) is 0. The molecule has 0 radical (unpaired) electrons. The Bertz CT molecular complexity index is 527. The Morgan fingerprint density at radius 2 is 1.43 bits per heavy atom. The highest BCUT2D eigenvalue weighted by atomic mass is 35.5. The zero-order valence-electron chi connectivity index (χ0n) is 14.0. The molecule has 2 aliphatic carbocycles. The van der Waals surface area contributed by atoms with Crippen molar-refractivity contribution in [3.8, 4) is 0 Å². The Kier molecular flexibility index (Phi) is 5.61. The molecule has 0 aromatic heterocycles. The van der Waals surface area contributed by atoms with Crippen LogP contribution in [0.2, 0.25) is 0 Å². The van der Waals surface area contributed by atoms with E-state index in [9.17, 15) is 8.78 Å². The predicted octanol–water partition coefficient (Wildman–Crippen LogP) is 6.59. The Morgan fingerprint density at radius 1 is 0.870 bits per heavy atom. The van der Waals surface area contributed by atoms with E-state index in [0.29, 0.717) is 17.0 Å². The van der Waals surface area contributed by atoms with Crippen LogP contribution in [0.4, 0.5) is 8.78 Å². The summed E-state index contributed by atoms with van der Waals surface area (Å²) in [5, 5.41) is 0. The molecule has 0 unspecified atom stereocenters. The summed E-state index contributed by atoms with van der Waals surface area (Å²) in [6.07, 6.45) is 9.48. The minimum absolute atomic E-state index is 0.195. The van der Waals surface area contributed by atoms with Gasteiger partial charge in [0.25, 0.3) is 0 Å². The number of benzene rings is 1. The number of alkyl halides is 1. The van der Waals surface area contributed by atoms with Crippen molar-refractivity contribution < 1.29 is 8.78 Å². The highest BCUT2D eigenvalue weighted by Crippen LogP contribution is 2.44. The summed E-state index contributed by atoms with van der Waals surface area (Å²) < 4.78 is 28.0. The molecule has 0 atom stereocenters. The number of halogens is 3. The first kappa shape index (κ1) is 17.2. The standard InChI is InChI=1S/C20H27ClF2/c1-13-2-11-18(20(23)19(13)22)17-9-7-16(8-10-17)15-5-3-14(12-21)4-6-15/h2,11,14-17H,3-10,12H2,1H3. The molecule has 0 spiro atoms. The van der Waals surface area contributed by atoms with E-state index in [1.54, 1.807) is 19.1 Å². The summed E-state index contributed by atoms with van der Waals surface area (Å²) in [6.45, 7) is 1.62. The van der Waals surface area contributed by atoms with Crippen molar-refractivity contribution in [2.45, 2.75) is 64.2 Å². The highest BCUT2D eigenvalue weighted by molar-refractivity contribution is 6.18. The van der Waals surface area contributed by atoms with Gasteiger partial charge in [-0.3, -0.25) is 0 Å². The second-order valence-corrected chi connectivity index (χ2v) is 7.96. The van der Waals surface area contributed by atoms with Crippen molar-refractivity contribution in [1.29, 1.82) is 0 Å². The maximum Gasteiger partial charge on any atom is 0.162 e. The molecule has 1 aromatic rings. The minimum Gasteiger partial charge on any atom is -0.203 e. The van der Waals surface area contributed by atoms with Crippen LogP contribution in [0.25, 0.3) is 0 Å². The summed E-state index contributed by atoms with van der Waals surface area (Å²) in [4.78, 5) is 0. The van der Waals surface area contributed by atoms with Gasteiger partial charge in [0.1, 0.15) is 0 Å². The molecule has 23 heavy (non-hydrogen) atoms. The quantitative estimate of drug-likeness (QED) is 0.544. The van der Waals surface area contributed by atoms with Gasteiger partial charge >= 0.3 is 0 Å². The van der Waals surface area contributed by atoms with Crippen LogP contribution >= 0.6 is 11.6 Å². The molecule has 0 amide bonds. The summed E-state index contributed by atoms with van der Waals surface area (Å²) in [5.41, 5.74) is 0.994. The van der Waals surface area contributed by atoms with E-state index in [2.05, 4.69) is 0 Å². The molecule has 0 saturated heterocycles. The molecule has 2 fully saturated rings. The molecule has 0 heterocycles. The van der Waals surface area contributed by atoms with E-state index in [4.69, 9.17) is 11.6 Å². The molecule has 0 bridgehead atoms. The maximum atomic E-state index is 14.2. The van der Waals surface area contributed by atoms with Gasteiger partial charge < -0.3 is 0 Å². The molecule has 128 valence electrons. The molecule has 2 aliphatic rings.